The summed E-state index contributed by atoms with van der Waals surface area (Å²) in [5.74, 6) is 1.60. The first-order valence-corrected chi connectivity index (χ1v) is 8.12. The lowest BCUT2D eigenvalue weighted by Gasteiger charge is -2.28. The van der Waals surface area contributed by atoms with E-state index in [-0.39, 0.29) is 5.91 Å². The fraction of sp³-hybridized carbons (Fsp3) is 0.588. The number of benzene rings is 1. The van der Waals surface area contributed by atoms with Gasteiger partial charge in [-0.25, -0.2) is 0 Å². The Morgan fingerprint density at radius 2 is 2.05 bits per heavy atom. The zero-order chi connectivity index (χ0) is 15.2. The Hall–Kier alpha value is -1.22. The van der Waals surface area contributed by atoms with E-state index in [1.54, 1.807) is 25.3 Å². The van der Waals surface area contributed by atoms with E-state index < -0.39 is 0 Å². The van der Waals surface area contributed by atoms with Gasteiger partial charge in [0.15, 0.2) is 0 Å². The van der Waals surface area contributed by atoms with Crippen molar-refractivity contribution in [1.29, 1.82) is 0 Å². The lowest BCUT2D eigenvalue weighted by Crippen LogP contribution is -2.38. The molecule has 0 spiro atoms. The number of ether oxygens (including phenoxy) is 1. The monoisotopic (exact) mass is 309 g/mol. The Kier molecular flexibility index (Phi) is 5.92. The third kappa shape index (κ3) is 4.63. The maximum Gasteiger partial charge on any atom is 0.224 e. The molecule has 3 nitrogen and oxygen atoms in total. The van der Waals surface area contributed by atoms with Crippen molar-refractivity contribution >= 4 is 17.5 Å². The molecule has 4 heteroatoms. The number of hydrogen-bond donors (Lipinski definition) is 1. The maximum atomic E-state index is 12.2. The van der Waals surface area contributed by atoms with Gasteiger partial charge in [0.2, 0.25) is 5.91 Å². The Labute approximate surface area is 132 Å². The molecular formula is C17H24ClNO2. The fourth-order valence-corrected chi connectivity index (χ4v) is 3.25. The van der Waals surface area contributed by atoms with Gasteiger partial charge < -0.3 is 10.1 Å². The molecule has 1 N–H and O–H groups in total. The van der Waals surface area contributed by atoms with Gasteiger partial charge in [-0.2, -0.15) is 0 Å². The van der Waals surface area contributed by atoms with Crippen molar-refractivity contribution in [3.63, 3.8) is 0 Å². The second-order valence-electron chi connectivity index (χ2n) is 5.83. The van der Waals surface area contributed by atoms with Gasteiger partial charge in [-0.3, -0.25) is 4.79 Å². The molecule has 1 amide bonds. The van der Waals surface area contributed by atoms with Crippen molar-refractivity contribution < 1.29 is 9.53 Å². The molecule has 2 rings (SSSR count). The molecule has 0 atom stereocenters. The van der Waals surface area contributed by atoms with Crippen LogP contribution in [0.5, 0.6) is 5.75 Å². The van der Waals surface area contributed by atoms with Crippen LogP contribution < -0.4 is 10.1 Å². The van der Waals surface area contributed by atoms with E-state index in [2.05, 4.69) is 12.2 Å². The first-order valence-electron chi connectivity index (χ1n) is 7.74. The van der Waals surface area contributed by atoms with E-state index in [4.69, 9.17) is 16.3 Å². The highest BCUT2D eigenvalue weighted by atomic mass is 35.5. The normalized spacial score (nSPS) is 21.9. The number of methoxy groups -OCH3 is 1. The Morgan fingerprint density at radius 1 is 1.33 bits per heavy atom. The number of amides is 1. The van der Waals surface area contributed by atoms with E-state index >= 15 is 0 Å². The molecule has 21 heavy (non-hydrogen) atoms. The first kappa shape index (κ1) is 16.2. The van der Waals surface area contributed by atoms with E-state index in [9.17, 15) is 4.79 Å². The summed E-state index contributed by atoms with van der Waals surface area (Å²) >= 11 is 5.99. The topological polar surface area (TPSA) is 38.3 Å². The highest BCUT2D eigenvalue weighted by Gasteiger charge is 2.21. The number of carbonyl (C=O) groups excluding carboxylic acids is 1. The molecular weight excluding hydrogens is 286 g/mol. The van der Waals surface area contributed by atoms with Crippen LogP contribution in [0.3, 0.4) is 0 Å². The summed E-state index contributed by atoms with van der Waals surface area (Å²) in [7, 11) is 1.61. The maximum absolute atomic E-state index is 12.2. The molecule has 1 fully saturated rings. The smallest absolute Gasteiger partial charge is 0.224 e. The Balaban J connectivity index is 1.89. The second kappa shape index (κ2) is 7.69. The van der Waals surface area contributed by atoms with Crippen molar-refractivity contribution in [1.82, 2.24) is 5.32 Å². The van der Waals surface area contributed by atoms with Crippen LogP contribution in [0, 0.1) is 5.92 Å². The van der Waals surface area contributed by atoms with Crippen molar-refractivity contribution in [2.24, 2.45) is 5.92 Å². The lowest BCUT2D eigenvalue weighted by atomic mass is 9.84. The molecule has 1 aliphatic carbocycles. The van der Waals surface area contributed by atoms with Crippen LogP contribution in [0.1, 0.15) is 44.6 Å². The van der Waals surface area contributed by atoms with Crippen LogP contribution in [0.2, 0.25) is 5.02 Å². The second-order valence-corrected chi connectivity index (χ2v) is 6.26. The third-order valence-electron chi connectivity index (χ3n) is 4.38. The van der Waals surface area contributed by atoms with Crippen molar-refractivity contribution in [2.75, 3.05) is 7.11 Å². The van der Waals surface area contributed by atoms with Crippen LogP contribution in [0.4, 0.5) is 0 Å². The van der Waals surface area contributed by atoms with Crippen LogP contribution in [-0.4, -0.2) is 19.1 Å². The van der Waals surface area contributed by atoms with Gasteiger partial charge >= 0.3 is 0 Å². The standard InChI is InChI=1S/C17H24ClNO2/c1-3-12-4-7-15(8-5-12)19-17(20)11-13-10-14(18)6-9-16(13)21-2/h6,9-10,12,15H,3-5,7-8,11H2,1-2H3,(H,19,20). The highest BCUT2D eigenvalue weighted by molar-refractivity contribution is 6.30. The van der Waals surface area contributed by atoms with E-state index in [1.165, 1.54) is 19.3 Å². The minimum atomic E-state index is 0.0514. The van der Waals surface area contributed by atoms with Crippen molar-refractivity contribution in [3.05, 3.63) is 28.8 Å². The zero-order valence-electron chi connectivity index (χ0n) is 12.8. The average molecular weight is 310 g/mol. The minimum Gasteiger partial charge on any atom is -0.496 e. The molecule has 0 radical (unpaired) electrons. The van der Waals surface area contributed by atoms with Crippen LogP contribution in [0.15, 0.2) is 18.2 Å². The third-order valence-corrected chi connectivity index (χ3v) is 4.62. The molecule has 0 bridgehead atoms. The summed E-state index contributed by atoms with van der Waals surface area (Å²) in [4.78, 5) is 12.2. The van der Waals surface area contributed by atoms with Gasteiger partial charge in [-0.05, 0) is 49.8 Å². The molecule has 1 aromatic carbocycles. The molecule has 0 aromatic heterocycles. The molecule has 0 heterocycles. The van der Waals surface area contributed by atoms with Crippen molar-refractivity contribution in [2.45, 2.75) is 51.5 Å². The Bertz CT molecular complexity index is 482. The molecule has 1 aromatic rings. The highest BCUT2D eigenvalue weighted by Crippen LogP contribution is 2.27. The lowest BCUT2D eigenvalue weighted by molar-refractivity contribution is -0.121. The summed E-state index contributed by atoms with van der Waals surface area (Å²) < 4.78 is 5.28. The van der Waals surface area contributed by atoms with Crippen LogP contribution >= 0.6 is 11.6 Å². The number of carbonyl (C=O) groups is 1. The van der Waals surface area contributed by atoms with Gasteiger partial charge in [0.1, 0.15) is 5.75 Å². The summed E-state index contributed by atoms with van der Waals surface area (Å²) in [5, 5.41) is 3.77. The van der Waals surface area contributed by atoms with Gasteiger partial charge in [-0.1, -0.05) is 24.9 Å². The van der Waals surface area contributed by atoms with Crippen LogP contribution in [-0.2, 0) is 11.2 Å². The fourth-order valence-electron chi connectivity index (χ4n) is 3.05. The van der Waals surface area contributed by atoms with Crippen LogP contribution in [0.25, 0.3) is 0 Å². The van der Waals surface area contributed by atoms with Gasteiger partial charge in [0.05, 0.1) is 13.5 Å². The van der Waals surface area contributed by atoms with E-state index in [1.807, 2.05) is 0 Å². The summed E-state index contributed by atoms with van der Waals surface area (Å²) in [6.45, 7) is 2.25. The molecule has 0 unspecified atom stereocenters. The zero-order valence-corrected chi connectivity index (χ0v) is 13.6. The van der Waals surface area contributed by atoms with E-state index in [0.29, 0.717) is 23.2 Å². The van der Waals surface area contributed by atoms with Gasteiger partial charge in [0, 0.05) is 16.6 Å². The SMILES string of the molecule is CCC1CCC(NC(=O)Cc2cc(Cl)ccc2OC)CC1. The predicted molar refractivity (Wildman–Crippen MR) is 85.9 cm³/mol. The van der Waals surface area contributed by atoms with Gasteiger partial charge in [-0.15, -0.1) is 0 Å². The first-order chi connectivity index (χ1) is 10.1. The quantitative estimate of drug-likeness (QED) is 0.893. The van der Waals surface area contributed by atoms with Crippen molar-refractivity contribution in [3.8, 4) is 5.75 Å². The average Bonchev–Trinajstić information content (AvgIpc) is 2.48. The minimum absolute atomic E-state index is 0.0514. The predicted octanol–water partition coefficient (Wildman–Crippen LogP) is 3.98. The number of hydrogen-bond acceptors (Lipinski definition) is 2. The largest absolute Gasteiger partial charge is 0.496 e. The molecule has 1 aliphatic rings. The molecule has 0 aliphatic heterocycles. The van der Waals surface area contributed by atoms with E-state index in [0.717, 1.165) is 24.3 Å². The molecule has 1 saturated carbocycles. The number of halogens is 1. The number of nitrogens with one attached hydrogen (secondary N) is 1. The summed E-state index contributed by atoms with van der Waals surface area (Å²) in [5.41, 5.74) is 0.838. The summed E-state index contributed by atoms with van der Waals surface area (Å²) in [6, 6.07) is 5.70. The van der Waals surface area contributed by atoms with Gasteiger partial charge in [0.25, 0.3) is 0 Å². The molecule has 116 valence electrons. The number of rotatable bonds is 5. The molecule has 0 saturated heterocycles. The Morgan fingerprint density at radius 3 is 2.67 bits per heavy atom. The summed E-state index contributed by atoms with van der Waals surface area (Å²) in [6.07, 6.45) is 6.20.